The molecule has 0 spiro atoms. The number of rotatable bonds is 3. The van der Waals surface area contributed by atoms with Crippen LogP contribution in [0.25, 0.3) is 0 Å². The van der Waals surface area contributed by atoms with Crippen LogP contribution in [-0.2, 0) is 4.74 Å². The highest BCUT2D eigenvalue weighted by molar-refractivity contribution is 5.94. The molecule has 0 aromatic carbocycles. The van der Waals surface area contributed by atoms with E-state index in [1.807, 2.05) is 6.92 Å². The van der Waals surface area contributed by atoms with Gasteiger partial charge < -0.3 is 9.64 Å². The van der Waals surface area contributed by atoms with Crippen molar-refractivity contribution < 1.29 is 9.53 Å². The summed E-state index contributed by atoms with van der Waals surface area (Å²) in [5.74, 6) is 1.03. The minimum atomic E-state index is -0.369. The summed E-state index contributed by atoms with van der Waals surface area (Å²) in [6.45, 7) is 4.94. The van der Waals surface area contributed by atoms with E-state index >= 15 is 0 Å². The Hall–Kier alpha value is -1.65. The fraction of sp³-hybridized carbons (Fsp3) is 0.615. The molecule has 18 heavy (non-hydrogen) atoms. The zero-order chi connectivity index (χ0) is 13.1. The number of nitrogens with zero attached hydrogens (tertiary/aromatic N) is 3. The summed E-state index contributed by atoms with van der Waals surface area (Å²) in [6.07, 6.45) is 4.92. The fourth-order valence-corrected chi connectivity index (χ4v) is 2.47. The summed E-state index contributed by atoms with van der Waals surface area (Å²) >= 11 is 0. The van der Waals surface area contributed by atoms with Gasteiger partial charge >= 0.3 is 5.97 Å². The van der Waals surface area contributed by atoms with Gasteiger partial charge in [0, 0.05) is 18.8 Å². The largest absolute Gasteiger partial charge is 0.465 e. The molecule has 2 heterocycles. The van der Waals surface area contributed by atoms with Gasteiger partial charge in [-0.25, -0.2) is 14.8 Å². The molecule has 0 amide bonds. The second-order valence-electron chi connectivity index (χ2n) is 4.54. The average Bonchev–Trinajstić information content (AvgIpc) is 2.85. The van der Waals surface area contributed by atoms with Crippen molar-refractivity contribution >= 4 is 11.8 Å². The molecule has 0 radical (unpaired) electrons. The van der Waals surface area contributed by atoms with Crippen LogP contribution in [0.3, 0.4) is 0 Å². The molecule has 98 valence electrons. The molecule has 0 N–H and O–H groups in total. The number of hydrogen-bond donors (Lipinski definition) is 0. The van der Waals surface area contributed by atoms with E-state index in [0.717, 1.165) is 31.6 Å². The number of methoxy groups -OCH3 is 1. The second kappa shape index (κ2) is 5.33. The zero-order valence-electron chi connectivity index (χ0n) is 11.1. The number of aromatic nitrogens is 2. The van der Waals surface area contributed by atoms with Crippen LogP contribution in [0.1, 0.15) is 42.4 Å². The summed E-state index contributed by atoms with van der Waals surface area (Å²) in [5.41, 5.74) is 0.462. The summed E-state index contributed by atoms with van der Waals surface area (Å²) in [6, 6.07) is 0.461. The van der Waals surface area contributed by atoms with Crippen LogP contribution in [0.15, 0.2) is 6.20 Å². The van der Waals surface area contributed by atoms with Crippen molar-refractivity contribution in [2.45, 2.75) is 39.2 Å². The highest BCUT2D eigenvalue weighted by Crippen LogP contribution is 2.28. The van der Waals surface area contributed by atoms with Gasteiger partial charge in [0.05, 0.1) is 7.11 Å². The van der Waals surface area contributed by atoms with Crippen molar-refractivity contribution in [3.8, 4) is 0 Å². The first-order chi connectivity index (χ1) is 8.67. The summed E-state index contributed by atoms with van der Waals surface area (Å²) in [7, 11) is 1.38. The first-order valence-corrected chi connectivity index (χ1v) is 6.36. The van der Waals surface area contributed by atoms with Crippen molar-refractivity contribution in [2.75, 3.05) is 18.6 Å². The van der Waals surface area contributed by atoms with Gasteiger partial charge in [0.25, 0.3) is 0 Å². The summed E-state index contributed by atoms with van der Waals surface area (Å²) < 4.78 is 4.80. The number of carbonyl (C=O) groups is 1. The number of aryl methyl sites for hydroxylation is 1. The lowest BCUT2D eigenvalue weighted by Gasteiger charge is -2.26. The lowest BCUT2D eigenvalue weighted by atomic mass is 10.1. The normalized spacial score (nSPS) is 19.1. The lowest BCUT2D eigenvalue weighted by molar-refractivity contribution is 0.0600. The van der Waals surface area contributed by atoms with Crippen LogP contribution in [0.5, 0.6) is 0 Å². The molecule has 1 unspecified atom stereocenters. The lowest BCUT2D eigenvalue weighted by Crippen LogP contribution is -2.31. The van der Waals surface area contributed by atoms with Gasteiger partial charge in [0.2, 0.25) is 0 Å². The highest BCUT2D eigenvalue weighted by atomic mass is 16.5. The van der Waals surface area contributed by atoms with E-state index in [2.05, 4.69) is 21.8 Å². The Bertz CT molecular complexity index is 448. The molecular weight excluding hydrogens is 230 g/mol. The Balaban J connectivity index is 2.41. The topological polar surface area (TPSA) is 55.3 Å². The molecule has 1 aromatic heterocycles. The smallest absolute Gasteiger partial charge is 0.343 e. The van der Waals surface area contributed by atoms with E-state index < -0.39 is 0 Å². The van der Waals surface area contributed by atoms with Gasteiger partial charge in [0.1, 0.15) is 17.2 Å². The average molecular weight is 249 g/mol. The van der Waals surface area contributed by atoms with Crippen LogP contribution in [-0.4, -0.2) is 35.6 Å². The molecule has 1 aliphatic heterocycles. The van der Waals surface area contributed by atoms with Gasteiger partial charge in [-0.3, -0.25) is 0 Å². The van der Waals surface area contributed by atoms with Crippen molar-refractivity contribution in [1.82, 2.24) is 9.97 Å². The first-order valence-electron chi connectivity index (χ1n) is 6.36. The Morgan fingerprint density at radius 2 is 2.39 bits per heavy atom. The van der Waals surface area contributed by atoms with E-state index in [1.54, 1.807) is 6.20 Å². The molecule has 1 aromatic rings. The molecule has 5 nitrogen and oxygen atoms in total. The monoisotopic (exact) mass is 249 g/mol. The maximum atomic E-state index is 11.8. The zero-order valence-corrected chi connectivity index (χ0v) is 11.1. The van der Waals surface area contributed by atoms with Gasteiger partial charge in [-0.2, -0.15) is 0 Å². The maximum Gasteiger partial charge on any atom is 0.343 e. The Labute approximate surface area is 107 Å². The molecule has 1 aliphatic rings. The molecular formula is C13H19N3O2. The third kappa shape index (κ3) is 2.30. The number of anilines is 1. The minimum absolute atomic E-state index is 0.369. The minimum Gasteiger partial charge on any atom is -0.465 e. The highest BCUT2D eigenvalue weighted by Gasteiger charge is 2.28. The number of ether oxygens (including phenoxy) is 1. The predicted octanol–water partition coefficient (Wildman–Crippen LogP) is 1.95. The molecule has 0 aliphatic carbocycles. The molecule has 1 saturated heterocycles. The van der Waals surface area contributed by atoms with Gasteiger partial charge in [0.15, 0.2) is 0 Å². The Kier molecular flexibility index (Phi) is 3.79. The standard InChI is InChI=1S/C13H19N3O2/c1-4-10-6-5-7-16(10)12-11(13(17)18-3)8-14-9(2)15-12/h8,10H,4-7H2,1-3H3. The second-order valence-corrected chi connectivity index (χ2v) is 4.54. The van der Waals surface area contributed by atoms with Crippen molar-refractivity contribution in [2.24, 2.45) is 0 Å². The van der Waals surface area contributed by atoms with Crippen LogP contribution < -0.4 is 4.90 Å². The van der Waals surface area contributed by atoms with Gasteiger partial charge in [-0.05, 0) is 26.2 Å². The van der Waals surface area contributed by atoms with Crippen LogP contribution in [0, 0.1) is 6.92 Å². The van der Waals surface area contributed by atoms with Crippen molar-refractivity contribution in [3.63, 3.8) is 0 Å². The molecule has 1 fully saturated rings. The van der Waals surface area contributed by atoms with Gasteiger partial charge in [-0.1, -0.05) is 6.92 Å². The van der Waals surface area contributed by atoms with E-state index in [1.165, 1.54) is 7.11 Å². The van der Waals surface area contributed by atoms with E-state index in [4.69, 9.17) is 4.74 Å². The van der Waals surface area contributed by atoms with Crippen LogP contribution >= 0.6 is 0 Å². The molecule has 1 atom stereocenters. The quantitative estimate of drug-likeness (QED) is 0.766. The van der Waals surface area contributed by atoms with Crippen molar-refractivity contribution in [3.05, 3.63) is 17.6 Å². The summed E-state index contributed by atoms with van der Waals surface area (Å²) in [5, 5.41) is 0. The fourth-order valence-electron chi connectivity index (χ4n) is 2.47. The van der Waals surface area contributed by atoms with E-state index in [9.17, 15) is 4.79 Å². The Morgan fingerprint density at radius 3 is 3.06 bits per heavy atom. The molecule has 0 bridgehead atoms. The third-order valence-electron chi connectivity index (χ3n) is 3.41. The number of esters is 1. The number of carbonyl (C=O) groups excluding carboxylic acids is 1. The van der Waals surface area contributed by atoms with Crippen LogP contribution in [0.4, 0.5) is 5.82 Å². The van der Waals surface area contributed by atoms with E-state index in [-0.39, 0.29) is 5.97 Å². The maximum absolute atomic E-state index is 11.8. The summed E-state index contributed by atoms with van der Waals surface area (Å²) in [4.78, 5) is 22.5. The molecule has 2 rings (SSSR count). The SMILES string of the molecule is CCC1CCCN1c1nc(C)ncc1C(=O)OC. The number of hydrogen-bond acceptors (Lipinski definition) is 5. The van der Waals surface area contributed by atoms with E-state index in [0.29, 0.717) is 17.4 Å². The van der Waals surface area contributed by atoms with Crippen LogP contribution in [0.2, 0.25) is 0 Å². The van der Waals surface area contributed by atoms with Gasteiger partial charge in [-0.15, -0.1) is 0 Å². The molecule has 5 heteroatoms. The third-order valence-corrected chi connectivity index (χ3v) is 3.41. The first kappa shape index (κ1) is 12.8. The Morgan fingerprint density at radius 1 is 1.61 bits per heavy atom. The van der Waals surface area contributed by atoms with Crippen molar-refractivity contribution in [1.29, 1.82) is 0 Å². The predicted molar refractivity (Wildman–Crippen MR) is 68.8 cm³/mol. The molecule has 0 saturated carbocycles.